The zero-order valence-corrected chi connectivity index (χ0v) is 17.6. The quantitative estimate of drug-likeness (QED) is 0.188. The summed E-state index contributed by atoms with van der Waals surface area (Å²) in [6, 6.07) is 6.50. The summed E-state index contributed by atoms with van der Waals surface area (Å²) >= 11 is 0. The number of hydrogen-bond donors (Lipinski definition) is 0. The number of ether oxygens (including phenoxy) is 4. The van der Waals surface area contributed by atoms with Crippen LogP contribution in [0.4, 0.5) is 0 Å². The SMILES string of the molecule is CCOC(=O)C(=Cc1cccc(C=C(C(=O)OCC)C(=O)OCC)c1)C(=O)OCC. The zero-order valence-electron chi connectivity index (χ0n) is 17.6. The van der Waals surface area contributed by atoms with Gasteiger partial charge in [0.25, 0.3) is 0 Å². The van der Waals surface area contributed by atoms with Crippen LogP contribution in [0, 0.1) is 0 Å². The Bertz CT molecular complexity index is 730. The highest BCUT2D eigenvalue weighted by Crippen LogP contribution is 2.16. The molecule has 0 radical (unpaired) electrons. The average Bonchev–Trinajstić information content (AvgIpc) is 2.71. The minimum Gasteiger partial charge on any atom is -0.462 e. The van der Waals surface area contributed by atoms with Gasteiger partial charge >= 0.3 is 23.9 Å². The maximum atomic E-state index is 12.1. The molecule has 0 aliphatic rings. The van der Waals surface area contributed by atoms with Crippen molar-refractivity contribution in [3.8, 4) is 0 Å². The first kappa shape index (κ1) is 24.6. The molecule has 0 bridgehead atoms. The van der Waals surface area contributed by atoms with Crippen molar-refractivity contribution in [3.63, 3.8) is 0 Å². The number of esters is 4. The summed E-state index contributed by atoms with van der Waals surface area (Å²) in [7, 11) is 0. The highest BCUT2D eigenvalue weighted by Gasteiger charge is 2.22. The smallest absolute Gasteiger partial charge is 0.345 e. The van der Waals surface area contributed by atoms with Gasteiger partial charge < -0.3 is 18.9 Å². The standard InChI is InChI=1S/C22H26O8/c1-5-27-19(23)17(20(24)28-6-2)13-15-10-9-11-16(12-15)14-18(21(25)29-7-3)22(26)30-8-4/h9-14H,5-8H2,1-4H3. The predicted octanol–water partition coefficient (Wildman–Crippen LogP) is 2.71. The van der Waals surface area contributed by atoms with Crippen LogP contribution < -0.4 is 0 Å². The van der Waals surface area contributed by atoms with Crippen LogP contribution in [-0.4, -0.2) is 50.3 Å². The molecule has 8 heteroatoms. The van der Waals surface area contributed by atoms with Gasteiger partial charge in [-0.3, -0.25) is 0 Å². The number of carbonyl (C=O) groups is 4. The molecule has 0 unspecified atom stereocenters. The maximum Gasteiger partial charge on any atom is 0.345 e. The van der Waals surface area contributed by atoms with Crippen LogP contribution in [0.2, 0.25) is 0 Å². The van der Waals surface area contributed by atoms with E-state index in [0.717, 1.165) is 0 Å². The second-order valence-corrected chi connectivity index (χ2v) is 5.67. The maximum absolute atomic E-state index is 12.1. The van der Waals surface area contributed by atoms with Gasteiger partial charge in [0.15, 0.2) is 0 Å². The van der Waals surface area contributed by atoms with E-state index in [0.29, 0.717) is 11.1 Å². The fraction of sp³-hybridized carbons (Fsp3) is 0.364. The first-order valence-electron chi connectivity index (χ1n) is 9.59. The van der Waals surface area contributed by atoms with Crippen LogP contribution in [0.15, 0.2) is 35.4 Å². The third-order valence-electron chi connectivity index (χ3n) is 3.51. The van der Waals surface area contributed by atoms with Crippen LogP contribution in [0.1, 0.15) is 38.8 Å². The second kappa shape index (κ2) is 12.9. The molecule has 0 aromatic heterocycles. The lowest BCUT2D eigenvalue weighted by atomic mass is 10.1. The summed E-state index contributed by atoms with van der Waals surface area (Å²) < 4.78 is 19.7. The molecule has 0 aliphatic carbocycles. The highest BCUT2D eigenvalue weighted by atomic mass is 16.6. The van der Waals surface area contributed by atoms with Gasteiger partial charge in [-0.1, -0.05) is 18.2 Å². The summed E-state index contributed by atoms with van der Waals surface area (Å²) in [5.41, 5.74) is 0.394. The van der Waals surface area contributed by atoms with Crippen LogP contribution in [0.5, 0.6) is 0 Å². The van der Waals surface area contributed by atoms with E-state index in [1.807, 2.05) is 0 Å². The summed E-state index contributed by atoms with van der Waals surface area (Å²) in [5, 5.41) is 0. The van der Waals surface area contributed by atoms with Crippen LogP contribution in [-0.2, 0) is 38.1 Å². The molecule has 0 aliphatic heterocycles. The molecule has 0 fully saturated rings. The van der Waals surface area contributed by atoms with Gasteiger partial charge in [0, 0.05) is 0 Å². The van der Waals surface area contributed by atoms with E-state index in [4.69, 9.17) is 18.9 Å². The Morgan fingerprint density at radius 2 is 0.933 bits per heavy atom. The molecule has 0 atom stereocenters. The van der Waals surface area contributed by atoms with E-state index in [-0.39, 0.29) is 37.6 Å². The van der Waals surface area contributed by atoms with Crippen molar-refractivity contribution < 1.29 is 38.1 Å². The normalized spacial score (nSPS) is 9.73. The number of rotatable bonds is 10. The Hall–Kier alpha value is -3.42. The Labute approximate surface area is 175 Å². The van der Waals surface area contributed by atoms with E-state index >= 15 is 0 Å². The van der Waals surface area contributed by atoms with E-state index in [1.54, 1.807) is 52.0 Å². The van der Waals surface area contributed by atoms with Crippen LogP contribution in [0.3, 0.4) is 0 Å². The van der Waals surface area contributed by atoms with Crippen molar-refractivity contribution >= 4 is 36.0 Å². The Kier molecular flexibility index (Phi) is 10.6. The minimum atomic E-state index is -0.810. The van der Waals surface area contributed by atoms with E-state index in [9.17, 15) is 19.2 Å². The van der Waals surface area contributed by atoms with E-state index in [2.05, 4.69) is 0 Å². The van der Waals surface area contributed by atoms with Crippen molar-refractivity contribution in [2.45, 2.75) is 27.7 Å². The molecule has 0 heterocycles. The molecule has 30 heavy (non-hydrogen) atoms. The Morgan fingerprint density at radius 3 is 1.20 bits per heavy atom. The molecule has 0 amide bonds. The minimum absolute atomic E-state index is 0.0980. The first-order valence-corrected chi connectivity index (χ1v) is 9.59. The zero-order chi connectivity index (χ0) is 22.5. The van der Waals surface area contributed by atoms with Crippen LogP contribution >= 0.6 is 0 Å². The third-order valence-corrected chi connectivity index (χ3v) is 3.51. The second-order valence-electron chi connectivity index (χ2n) is 5.67. The molecule has 0 saturated carbocycles. The topological polar surface area (TPSA) is 105 Å². The van der Waals surface area contributed by atoms with Crippen molar-refractivity contribution in [2.75, 3.05) is 26.4 Å². The molecule has 0 saturated heterocycles. The molecule has 8 nitrogen and oxygen atoms in total. The molecule has 1 aromatic carbocycles. The van der Waals surface area contributed by atoms with Gasteiger partial charge in [0.1, 0.15) is 11.1 Å². The lowest BCUT2D eigenvalue weighted by molar-refractivity contribution is -0.148. The lowest BCUT2D eigenvalue weighted by Gasteiger charge is -2.08. The Morgan fingerprint density at radius 1 is 0.633 bits per heavy atom. The number of hydrogen-bond acceptors (Lipinski definition) is 8. The van der Waals surface area contributed by atoms with Crippen molar-refractivity contribution in [1.29, 1.82) is 0 Å². The molecule has 162 valence electrons. The Balaban J connectivity index is 3.36. The van der Waals surface area contributed by atoms with Gasteiger partial charge in [0.05, 0.1) is 26.4 Å². The fourth-order valence-electron chi connectivity index (χ4n) is 2.31. The fourth-order valence-corrected chi connectivity index (χ4v) is 2.31. The van der Waals surface area contributed by atoms with Gasteiger partial charge in [-0.05, 0) is 57.0 Å². The number of benzene rings is 1. The summed E-state index contributed by atoms with van der Waals surface area (Å²) in [6.07, 6.45) is 2.64. The van der Waals surface area contributed by atoms with E-state index < -0.39 is 23.9 Å². The molecular weight excluding hydrogens is 392 g/mol. The summed E-state index contributed by atoms with van der Waals surface area (Å²) in [5.74, 6) is -3.24. The van der Waals surface area contributed by atoms with Gasteiger partial charge in [-0.15, -0.1) is 0 Å². The highest BCUT2D eigenvalue weighted by molar-refractivity contribution is 6.18. The molecular formula is C22H26O8. The molecule has 1 aromatic rings. The van der Waals surface area contributed by atoms with Crippen LogP contribution in [0.25, 0.3) is 12.2 Å². The van der Waals surface area contributed by atoms with Crippen molar-refractivity contribution in [3.05, 3.63) is 46.5 Å². The number of carbonyl (C=O) groups excluding carboxylic acids is 4. The van der Waals surface area contributed by atoms with Gasteiger partial charge in [-0.25, -0.2) is 19.2 Å². The summed E-state index contributed by atoms with van der Waals surface area (Å²) in [6.45, 7) is 6.89. The van der Waals surface area contributed by atoms with Gasteiger partial charge in [0.2, 0.25) is 0 Å². The lowest BCUT2D eigenvalue weighted by Crippen LogP contribution is -2.18. The largest absolute Gasteiger partial charge is 0.462 e. The van der Waals surface area contributed by atoms with Crippen molar-refractivity contribution in [1.82, 2.24) is 0 Å². The first-order chi connectivity index (χ1) is 14.4. The monoisotopic (exact) mass is 418 g/mol. The molecule has 1 rings (SSSR count). The van der Waals surface area contributed by atoms with Crippen molar-refractivity contribution in [2.24, 2.45) is 0 Å². The molecule has 0 N–H and O–H groups in total. The molecule has 0 spiro atoms. The average molecular weight is 418 g/mol. The third kappa shape index (κ3) is 7.54. The van der Waals surface area contributed by atoms with Gasteiger partial charge in [-0.2, -0.15) is 0 Å². The summed E-state index contributed by atoms with van der Waals surface area (Å²) in [4.78, 5) is 48.5. The predicted molar refractivity (Wildman–Crippen MR) is 109 cm³/mol. The van der Waals surface area contributed by atoms with E-state index in [1.165, 1.54) is 12.2 Å².